The molecule has 0 atom stereocenters. The molecule has 0 unspecified atom stereocenters. The van der Waals surface area contributed by atoms with Crippen LogP contribution in [0.2, 0.25) is 0 Å². The van der Waals surface area contributed by atoms with Gasteiger partial charge in [0.05, 0.1) is 26.9 Å². The van der Waals surface area contributed by atoms with Crippen molar-refractivity contribution in [2.24, 2.45) is 0 Å². The van der Waals surface area contributed by atoms with Crippen molar-refractivity contribution < 1.29 is 0 Å². The third-order valence-corrected chi connectivity index (χ3v) is 8.89. The van der Waals surface area contributed by atoms with Crippen molar-refractivity contribution in [2.75, 3.05) is 0 Å². The van der Waals surface area contributed by atoms with Crippen LogP contribution < -0.4 is 0 Å². The molecule has 8 rings (SSSR count). The van der Waals surface area contributed by atoms with E-state index < -0.39 is 0 Å². The smallest absolute Gasteiger partial charge is 0.105 e. The largest absolute Gasteiger partial charge is 0.307 e. The van der Waals surface area contributed by atoms with Crippen molar-refractivity contribution in [3.63, 3.8) is 0 Å². The lowest BCUT2D eigenvalue weighted by atomic mass is 9.81. The summed E-state index contributed by atoms with van der Waals surface area (Å²) in [4.78, 5) is 4.89. The maximum atomic E-state index is 4.89. The first-order valence-corrected chi connectivity index (χ1v) is 13.6. The first-order chi connectivity index (χ1) is 18.1. The fourth-order valence-corrected chi connectivity index (χ4v) is 7.21. The van der Waals surface area contributed by atoms with Crippen LogP contribution >= 0.6 is 11.3 Å². The lowest BCUT2D eigenvalue weighted by Gasteiger charge is -2.24. The van der Waals surface area contributed by atoms with Gasteiger partial charge in [-0.25, -0.2) is 4.98 Å². The van der Waals surface area contributed by atoms with Gasteiger partial charge in [0.15, 0.2) is 0 Å². The number of aromatic nitrogens is 2. The fraction of sp³-hybridized carbons (Fsp3) is 0.0882. The number of benzene rings is 5. The second-order valence-corrected chi connectivity index (χ2v) is 11.4. The van der Waals surface area contributed by atoms with Gasteiger partial charge in [0.25, 0.3) is 0 Å². The van der Waals surface area contributed by atoms with E-state index in [0.717, 1.165) is 11.2 Å². The summed E-state index contributed by atoms with van der Waals surface area (Å²) in [5.74, 6) is 0. The van der Waals surface area contributed by atoms with Gasteiger partial charge in [0.2, 0.25) is 0 Å². The van der Waals surface area contributed by atoms with Gasteiger partial charge in [-0.3, -0.25) is 0 Å². The van der Waals surface area contributed by atoms with Gasteiger partial charge in [-0.2, -0.15) is 0 Å². The normalized spacial score (nSPS) is 13.9. The van der Waals surface area contributed by atoms with Crippen molar-refractivity contribution in [2.45, 2.75) is 19.3 Å². The summed E-state index contributed by atoms with van der Waals surface area (Å²) in [6, 6.07) is 37.7. The molecular weight excluding hydrogens is 468 g/mol. The summed E-state index contributed by atoms with van der Waals surface area (Å²) in [5.41, 5.74) is 14.5. The minimum atomic E-state index is -0.115. The molecule has 0 saturated heterocycles. The summed E-state index contributed by atoms with van der Waals surface area (Å²) in [5, 5.41) is 2.57. The molecule has 0 aliphatic heterocycles. The zero-order valence-corrected chi connectivity index (χ0v) is 21.5. The molecule has 7 aromatic rings. The second-order valence-electron chi connectivity index (χ2n) is 10.5. The lowest BCUT2D eigenvalue weighted by molar-refractivity contribution is 0.664. The zero-order chi connectivity index (χ0) is 24.7. The van der Waals surface area contributed by atoms with Gasteiger partial charge in [0.1, 0.15) is 5.52 Å². The Morgan fingerprint density at radius 3 is 2.38 bits per heavy atom. The molecule has 2 nitrogen and oxygen atoms in total. The molecule has 176 valence electrons. The Balaban J connectivity index is 1.57. The molecule has 1 aliphatic carbocycles. The highest BCUT2D eigenvalue weighted by Crippen LogP contribution is 2.53. The average molecular weight is 493 g/mol. The van der Waals surface area contributed by atoms with Gasteiger partial charge in [-0.1, -0.05) is 98.8 Å². The van der Waals surface area contributed by atoms with Gasteiger partial charge in [-0.05, 0) is 51.6 Å². The van der Waals surface area contributed by atoms with Crippen LogP contribution in [0.25, 0.3) is 60.0 Å². The van der Waals surface area contributed by atoms with E-state index in [2.05, 4.69) is 122 Å². The zero-order valence-electron chi connectivity index (χ0n) is 20.7. The molecule has 0 fully saturated rings. The highest BCUT2D eigenvalue weighted by Gasteiger charge is 2.38. The number of para-hydroxylation sites is 1. The summed E-state index contributed by atoms with van der Waals surface area (Å²) in [6.07, 6.45) is 0. The van der Waals surface area contributed by atoms with Crippen LogP contribution in [0, 0.1) is 0 Å². The number of rotatable bonds is 2. The van der Waals surface area contributed by atoms with Crippen molar-refractivity contribution in [3.8, 4) is 27.9 Å². The van der Waals surface area contributed by atoms with E-state index in [-0.39, 0.29) is 5.41 Å². The Bertz CT molecular complexity index is 2010. The summed E-state index contributed by atoms with van der Waals surface area (Å²) in [7, 11) is 0. The van der Waals surface area contributed by atoms with Gasteiger partial charge < -0.3 is 4.57 Å². The minimum absolute atomic E-state index is 0.115. The quantitative estimate of drug-likeness (QED) is 0.235. The first-order valence-electron chi connectivity index (χ1n) is 12.7. The molecule has 0 radical (unpaired) electrons. The first kappa shape index (κ1) is 20.9. The average Bonchev–Trinajstić information content (AvgIpc) is 3.61. The third kappa shape index (κ3) is 2.78. The Kier molecular flexibility index (Phi) is 4.19. The SMILES string of the molecule is CC1(C)c2ccccc2-c2ccc3c4ccccc4n(-c4cc(-c5ccccc5)cc5scnc45)c3c21. The van der Waals surface area contributed by atoms with Crippen LogP contribution in [0.3, 0.4) is 0 Å². The number of nitrogens with zero attached hydrogens (tertiary/aromatic N) is 2. The number of thiazole rings is 1. The monoisotopic (exact) mass is 492 g/mol. The van der Waals surface area contributed by atoms with Crippen molar-refractivity contribution in [1.82, 2.24) is 9.55 Å². The Hall–Kier alpha value is -4.21. The van der Waals surface area contributed by atoms with Crippen molar-refractivity contribution in [1.29, 1.82) is 0 Å². The molecule has 5 aromatic carbocycles. The fourth-order valence-electron chi connectivity index (χ4n) is 6.48. The van der Waals surface area contributed by atoms with E-state index in [0.29, 0.717) is 0 Å². The van der Waals surface area contributed by atoms with E-state index >= 15 is 0 Å². The van der Waals surface area contributed by atoms with Crippen LogP contribution in [0.5, 0.6) is 0 Å². The van der Waals surface area contributed by atoms with E-state index in [4.69, 9.17) is 4.98 Å². The number of fused-ring (bicyclic) bond motifs is 8. The third-order valence-electron chi connectivity index (χ3n) is 8.12. The molecule has 0 spiro atoms. The van der Waals surface area contributed by atoms with E-state index in [1.165, 1.54) is 59.9 Å². The number of hydrogen-bond acceptors (Lipinski definition) is 2. The molecule has 3 heteroatoms. The summed E-state index contributed by atoms with van der Waals surface area (Å²) < 4.78 is 3.70. The minimum Gasteiger partial charge on any atom is -0.307 e. The molecule has 2 heterocycles. The second kappa shape index (κ2) is 7.41. The maximum absolute atomic E-state index is 4.89. The molecule has 0 N–H and O–H groups in total. The molecule has 0 bridgehead atoms. The van der Waals surface area contributed by atoms with E-state index in [9.17, 15) is 0 Å². The van der Waals surface area contributed by atoms with Crippen LogP contribution in [0.1, 0.15) is 25.0 Å². The highest BCUT2D eigenvalue weighted by atomic mass is 32.1. The standard InChI is InChI=1S/C34H24N2S/c1-34(2)27-14-8-6-12-23(27)25-16-17-26-24-13-7-9-15-28(24)36(33(26)31(25)34)29-18-22(21-10-4-3-5-11-21)19-30-32(29)35-20-37-30/h3-20H,1-2H3. The topological polar surface area (TPSA) is 17.8 Å². The van der Waals surface area contributed by atoms with Gasteiger partial charge >= 0.3 is 0 Å². The maximum Gasteiger partial charge on any atom is 0.105 e. The molecule has 0 amide bonds. The Morgan fingerprint density at radius 2 is 1.49 bits per heavy atom. The predicted molar refractivity (Wildman–Crippen MR) is 157 cm³/mol. The number of hydrogen-bond donors (Lipinski definition) is 0. The van der Waals surface area contributed by atoms with Crippen LogP contribution in [0.15, 0.2) is 109 Å². The molecule has 37 heavy (non-hydrogen) atoms. The molecule has 2 aromatic heterocycles. The summed E-state index contributed by atoms with van der Waals surface area (Å²) in [6.45, 7) is 4.75. The van der Waals surface area contributed by atoms with Crippen molar-refractivity contribution >= 4 is 43.4 Å². The van der Waals surface area contributed by atoms with Crippen LogP contribution in [0.4, 0.5) is 0 Å². The molecule has 0 saturated carbocycles. The Morgan fingerprint density at radius 1 is 0.703 bits per heavy atom. The molecular formula is C34H24N2S. The molecule has 1 aliphatic rings. The van der Waals surface area contributed by atoms with Gasteiger partial charge in [0, 0.05) is 16.2 Å². The van der Waals surface area contributed by atoms with Crippen molar-refractivity contribution in [3.05, 3.63) is 120 Å². The predicted octanol–water partition coefficient (Wildman–Crippen LogP) is 9.37. The Labute approximate surface area is 219 Å². The van der Waals surface area contributed by atoms with E-state index in [1.54, 1.807) is 11.3 Å². The summed E-state index contributed by atoms with van der Waals surface area (Å²) >= 11 is 1.71. The van der Waals surface area contributed by atoms with E-state index in [1.807, 2.05) is 5.51 Å². The van der Waals surface area contributed by atoms with Crippen LogP contribution in [-0.4, -0.2) is 9.55 Å². The lowest BCUT2D eigenvalue weighted by Crippen LogP contribution is -2.16. The van der Waals surface area contributed by atoms with Crippen LogP contribution in [-0.2, 0) is 5.41 Å². The van der Waals surface area contributed by atoms with Gasteiger partial charge in [-0.15, -0.1) is 11.3 Å². The highest BCUT2D eigenvalue weighted by molar-refractivity contribution is 7.16.